The zero-order valence-electron chi connectivity index (χ0n) is 18.3. The molecular formula is C24H29N3O3. The molecule has 0 bridgehead atoms. The molecule has 6 nitrogen and oxygen atoms in total. The van der Waals surface area contributed by atoms with Crippen LogP contribution >= 0.6 is 0 Å². The van der Waals surface area contributed by atoms with Gasteiger partial charge in [-0.3, -0.25) is 9.79 Å². The average molecular weight is 408 g/mol. The topological polar surface area (TPSA) is 54.4 Å². The van der Waals surface area contributed by atoms with Crippen molar-refractivity contribution in [3.05, 3.63) is 58.7 Å². The highest BCUT2D eigenvalue weighted by Gasteiger charge is 2.36. The molecule has 158 valence electrons. The van der Waals surface area contributed by atoms with E-state index in [1.165, 1.54) is 5.56 Å². The minimum Gasteiger partial charge on any atom is -0.493 e. The predicted molar refractivity (Wildman–Crippen MR) is 118 cm³/mol. The molecule has 30 heavy (non-hydrogen) atoms. The number of aliphatic imine (C=N–C) groups is 1. The summed E-state index contributed by atoms with van der Waals surface area (Å²) in [5.41, 5.74) is 4.97. The van der Waals surface area contributed by atoms with E-state index < -0.39 is 0 Å². The number of piperidine rings is 1. The molecular weight excluding hydrogens is 378 g/mol. The van der Waals surface area contributed by atoms with Gasteiger partial charge in [-0.2, -0.15) is 0 Å². The van der Waals surface area contributed by atoms with Crippen LogP contribution in [0.15, 0.2) is 41.4 Å². The van der Waals surface area contributed by atoms with E-state index in [4.69, 9.17) is 14.5 Å². The Balaban J connectivity index is 1.81. The first-order valence-corrected chi connectivity index (χ1v) is 10.3. The Kier molecular flexibility index (Phi) is 5.52. The van der Waals surface area contributed by atoms with Gasteiger partial charge in [0, 0.05) is 43.2 Å². The second kappa shape index (κ2) is 8.11. The molecule has 2 atom stereocenters. The lowest BCUT2D eigenvalue weighted by Crippen LogP contribution is -2.41. The van der Waals surface area contributed by atoms with E-state index >= 15 is 0 Å². The molecule has 2 aliphatic heterocycles. The van der Waals surface area contributed by atoms with Crippen molar-refractivity contribution in [1.82, 2.24) is 9.80 Å². The van der Waals surface area contributed by atoms with E-state index in [-0.39, 0.29) is 11.9 Å². The molecule has 2 aliphatic rings. The van der Waals surface area contributed by atoms with Gasteiger partial charge in [0.2, 0.25) is 0 Å². The lowest BCUT2D eigenvalue weighted by atomic mass is 9.79. The van der Waals surface area contributed by atoms with Crippen molar-refractivity contribution in [2.45, 2.75) is 18.4 Å². The van der Waals surface area contributed by atoms with Gasteiger partial charge in [0.05, 0.1) is 26.0 Å². The molecule has 0 aliphatic carbocycles. The summed E-state index contributed by atoms with van der Waals surface area (Å²) < 4.78 is 11.2. The third-order valence-electron chi connectivity index (χ3n) is 6.10. The molecule has 0 saturated carbocycles. The molecule has 4 rings (SSSR count). The molecule has 1 fully saturated rings. The number of fused-ring (bicyclic) bond motifs is 3. The molecule has 0 spiro atoms. The second-order valence-electron chi connectivity index (χ2n) is 8.27. The fraction of sp³-hybridized carbons (Fsp3) is 0.417. The van der Waals surface area contributed by atoms with E-state index in [0.717, 1.165) is 42.1 Å². The lowest BCUT2D eigenvalue weighted by Gasteiger charge is -2.39. The summed E-state index contributed by atoms with van der Waals surface area (Å²) in [6, 6.07) is 12.1. The van der Waals surface area contributed by atoms with E-state index in [9.17, 15) is 4.79 Å². The third kappa shape index (κ3) is 3.56. The molecule has 2 aromatic carbocycles. The summed E-state index contributed by atoms with van der Waals surface area (Å²) in [6.45, 7) is 2.01. The second-order valence-corrected chi connectivity index (χ2v) is 8.27. The summed E-state index contributed by atoms with van der Waals surface area (Å²) in [4.78, 5) is 21.4. The van der Waals surface area contributed by atoms with Gasteiger partial charge >= 0.3 is 0 Å². The van der Waals surface area contributed by atoms with Crippen LogP contribution in [0.1, 0.15) is 39.4 Å². The zero-order valence-corrected chi connectivity index (χ0v) is 18.3. The van der Waals surface area contributed by atoms with Gasteiger partial charge in [-0.1, -0.05) is 12.1 Å². The number of benzene rings is 2. The minimum atomic E-state index is -0.00526. The van der Waals surface area contributed by atoms with Crippen LogP contribution in [0.5, 0.6) is 11.5 Å². The number of carbonyl (C=O) groups is 1. The normalized spacial score (nSPS) is 20.6. The van der Waals surface area contributed by atoms with Gasteiger partial charge < -0.3 is 19.3 Å². The van der Waals surface area contributed by atoms with E-state index in [1.54, 1.807) is 33.2 Å². The first-order chi connectivity index (χ1) is 14.4. The number of rotatable bonds is 4. The summed E-state index contributed by atoms with van der Waals surface area (Å²) in [5, 5.41) is 0. The van der Waals surface area contributed by atoms with Gasteiger partial charge in [-0.05, 0) is 49.8 Å². The number of amides is 1. The number of hydrogen-bond acceptors (Lipinski definition) is 5. The Morgan fingerprint density at radius 2 is 1.77 bits per heavy atom. The van der Waals surface area contributed by atoms with Crippen LogP contribution in [0.3, 0.4) is 0 Å². The quantitative estimate of drug-likeness (QED) is 0.782. The first-order valence-electron chi connectivity index (χ1n) is 10.3. The highest BCUT2D eigenvalue weighted by molar-refractivity contribution is 6.15. The van der Waals surface area contributed by atoms with Crippen LogP contribution in [0, 0.1) is 0 Å². The molecule has 2 aromatic rings. The fourth-order valence-electron chi connectivity index (χ4n) is 4.46. The van der Waals surface area contributed by atoms with E-state index in [0.29, 0.717) is 17.2 Å². The van der Waals surface area contributed by atoms with Crippen molar-refractivity contribution < 1.29 is 14.3 Å². The van der Waals surface area contributed by atoms with Crippen molar-refractivity contribution in [3.63, 3.8) is 0 Å². The highest BCUT2D eigenvalue weighted by Crippen LogP contribution is 2.42. The molecule has 0 N–H and O–H groups in total. The maximum Gasteiger partial charge on any atom is 0.253 e. The number of nitrogens with zero attached hydrogens (tertiary/aromatic N) is 3. The zero-order chi connectivity index (χ0) is 21.4. The maximum absolute atomic E-state index is 12.3. The van der Waals surface area contributed by atoms with Crippen LogP contribution in [0.4, 0.5) is 0 Å². The smallest absolute Gasteiger partial charge is 0.253 e. The Labute approximate surface area is 178 Å². The highest BCUT2D eigenvalue weighted by atomic mass is 16.5. The summed E-state index contributed by atoms with van der Waals surface area (Å²) in [5.74, 6) is 1.77. The Morgan fingerprint density at radius 3 is 2.40 bits per heavy atom. The first kappa shape index (κ1) is 20.4. The molecule has 0 aromatic heterocycles. The number of ether oxygens (including phenoxy) is 2. The van der Waals surface area contributed by atoms with Crippen LogP contribution < -0.4 is 9.47 Å². The number of likely N-dealkylation sites (N-methyl/N-ethyl adjacent to an activating group) is 1. The van der Waals surface area contributed by atoms with Crippen LogP contribution in [0.25, 0.3) is 0 Å². The van der Waals surface area contributed by atoms with Crippen molar-refractivity contribution in [3.8, 4) is 11.5 Å². The molecule has 1 saturated heterocycles. The third-order valence-corrected chi connectivity index (χ3v) is 6.10. The summed E-state index contributed by atoms with van der Waals surface area (Å²) in [6.07, 6.45) is 1.02. The standard InChI is InChI=1S/C24H29N3O3/c1-26(2)24(28)16-8-6-15(7-9-16)23-18-13-22(30-5)21(29-4)12-17(18)19-14-27(3)11-10-20(19)25-23/h6-9,12-13,19-20H,10-11,14H2,1-5H3/t19-,20-/m0/s1. The Morgan fingerprint density at radius 1 is 1.10 bits per heavy atom. The van der Waals surface area contributed by atoms with Crippen molar-refractivity contribution in [1.29, 1.82) is 0 Å². The monoisotopic (exact) mass is 407 g/mol. The maximum atomic E-state index is 12.3. The minimum absolute atomic E-state index is 0.00526. The molecule has 0 unspecified atom stereocenters. The number of hydrogen-bond donors (Lipinski definition) is 0. The van der Waals surface area contributed by atoms with Gasteiger partial charge in [-0.15, -0.1) is 0 Å². The summed E-state index contributed by atoms with van der Waals surface area (Å²) >= 11 is 0. The molecule has 2 heterocycles. The van der Waals surface area contributed by atoms with Crippen molar-refractivity contribution in [2.24, 2.45) is 4.99 Å². The van der Waals surface area contributed by atoms with Gasteiger partial charge in [0.15, 0.2) is 11.5 Å². The molecule has 6 heteroatoms. The summed E-state index contributed by atoms with van der Waals surface area (Å²) in [7, 11) is 9.02. The fourth-order valence-corrected chi connectivity index (χ4v) is 4.46. The lowest BCUT2D eigenvalue weighted by molar-refractivity contribution is 0.0827. The SMILES string of the molecule is COc1cc2c(cc1OC)[C@@H]1CN(C)CC[C@@H]1N=C2c1ccc(C(=O)N(C)C)cc1. The van der Waals surface area contributed by atoms with Gasteiger partial charge in [-0.25, -0.2) is 0 Å². The molecule has 1 amide bonds. The number of likely N-dealkylation sites (tertiary alicyclic amines) is 1. The van der Waals surface area contributed by atoms with Crippen LogP contribution in [-0.4, -0.2) is 75.9 Å². The number of carbonyl (C=O) groups excluding carboxylic acids is 1. The number of methoxy groups -OCH3 is 2. The predicted octanol–water partition coefficient (Wildman–Crippen LogP) is 3.04. The average Bonchev–Trinajstić information content (AvgIpc) is 2.77. The van der Waals surface area contributed by atoms with Crippen molar-refractivity contribution >= 4 is 11.6 Å². The molecule has 0 radical (unpaired) electrons. The van der Waals surface area contributed by atoms with E-state index in [1.807, 2.05) is 30.3 Å². The van der Waals surface area contributed by atoms with Crippen molar-refractivity contribution in [2.75, 3.05) is 48.5 Å². The Bertz CT molecular complexity index is 982. The Hall–Kier alpha value is -2.86. The van der Waals surface area contributed by atoms with E-state index in [2.05, 4.69) is 18.0 Å². The van der Waals surface area contributed by atoms with Crippen LogP contribution in [-0.2, 0) is 0 Å². The van der Waals surface area contributed by atoms with Gasteiger partial charge in [0.25, 0.3) is 5.91 Å². The van der Waals surface area contributed by atoms with Crippen LogP contribution in [0.2, 0.25) is 0 Å². The largest absolute Gasteiger partial charge is 0.493 e. The van der Waals surface area contributed by atoms with Gasteiger partial charge in [0.1, 0.15) is 0 Å².